The van der Waals surface area contributed by atoms with Gasteiger partial charge in [0.25, 0.3) is 5.91 Å². The molecule has 116 valence electrons. The van der Waals surface area contributed by atoms with Crippen LogP contribution in [-0.4, -0.2) is 55.8 Å². The summed E-state index contributed by atoms with van der Waals surface area (Å²) in [7, 11) is 0. The highest BCUT2D eigenvalue weighted by atomic mass is 16.3. The Bertz CT molecular complexity index is 509. The maximum absolute atomic E-state index is 12.6. The zero-order chi connectivity index (χ0) is 15.5. The zero-order valence-corrected chi connectivity index (χ0v) is 12.6. The lowest BCUT2D eigenvalue weighted by Crippen LogP contribution is -2.56. The molecule has 1 aliphatic rings. The number of nitrogens with zero attached hydrogens (tertiary/aromatic N) is 3. The minimum Gasteiger partial charge on any atom is -0.388 e. The molecule has 1 saturated heterocycles. The van der Waals surface area contributed by atoms with Gasteiger partial charge in [0.15, 0.2) is 0 Å². The van der Waals surface area contributed by atoms with Crippen molar-refractivity contribution in [2.75, 3.05) is 13.1 Å². The normalized spacial score (nSPS) is 25.9. The van der Waals surface area contributed by atoms with E-state index < -0.39 is 11.7 Å². The molecule has 0 radical (unpaired) electrons. The minimum atomic E-state index is -1.09. The average molecular weight is 293 g/mol. The lowest BCUT2D eigenvalue weighted by atomic mass is 9.86. The van der Waals surface area contributed by atoms with Gasteiger partial charge >= 0.3 is 0 Å². The summed E-state index contributed by atoms with van der Waals surface area (Å²) in [5.74, 6) is -0.170. The molecule has 1 fully saturated rings. The third-order valence-electron chi connectivity index (χ3n) is 4.24. The van der Waals surface area contributed by atoms with E-state index in [1.165, 1.54) is 12.5 Å². The molecule has 0 aliphatic carbocycles. The first-order chi connectivity index (χ1) is 10.0. The van der Waals surface area contributed by atoms with Crippen LogP contribution in [0.15, 0.2) is 12.5 Å². The summed E-state index contributed by atoms with van der Waals surface area (Å²) in [6, 6.07) is 0. The fourth-order valence-corrected chi connectivity index (χ4v) is 2.70. The molecule has 0 unspecified atom stereocenters. The fourth-order valence-electron chi connectivity index (χ4n) is 2.70. The molecule has 0 bridgehead atoms. The molecule has 21 heavy (non-hydrogen) atoms. The van der Waals surface area contributed by atoms with Crippen molar-refractivity contribution in [3.63, 3.8) is 0 Å². The van der Waals surface area contributed by atoms with Crippen LogP contribution in [0.5, 0.6) is 0 Å². The number of amides is 1. The first kappa shape index (κ1) is 15.9. The largest absolute Gasteiger partial charge is 0.388 e. The van der Waals surface area contributed by atoms with Gasteiger partial charge in [0, 0.05) is 19.3 Å². The number of piperidine rings is 1. The highest BCUT2D eigenvalue weighted by molar-refractivity contribution is 5.95. The Morgan fingerprint density at radius 2 is 2.29 bits per heavy atom. The van der Waals surface area contributed by atoms with Crippen LogP contribution in [0.3, 0.4) is 0 Å². The van der Waals surface area contributed by atoms with Crippen molar-refractivity contribution in [1.82, 2.24) is 14.9 Å². The Morgan fingerprint density at radius 3 is 2.90 bits per heavy atom. The van der Waals surface area contributed by atoms with Crippen molar-refractivity contribution in [1.29, 1.82) is 0 Å². The number of carbonyl (C=O) groups excluding carboxylic acids is 1. The highest BCUT2D eigenvalue weighted by Crippen LogP contribution is 2.27. The number of aryl methyl sites for hydroxylation is 1. The summed E-state index contributed by atoms with van der Waals surface area (Å²) >= 11 is 0. The third-order valence-corrected chi connectivity index (χ3v) is 4.24. The number of aromatic nitrogens is 2. The predicted molar refractivity (Wildman–Crippen MR) is 77.8 cm³/mol. The number of aliphatic hydroxyl groups is 2. The molecular formula is C15H23N3O3. The lowest BCUT2D eigenvalue weighted by Gasteiger charge is -2.41. The van der Waals surface area contributed by atoms with Gasteiger partial charge in [0.05, 0.1) is 16.9 Å². The number of aliphatic hydroxyl groups excluding tert-OH is 1. The van der Waals surface area contributed by atoms with Crippen molar-refractivity contribution >= 4 is 5.91 Å². The maximum atomic E-state index is 12.6. The minimum absolute atomic E-state index is 0.142. The summed E-state index contributed by atoms with van der Waals surface area (Å²) < 4.78 is 0. The molecule has 1 aliphatic heterocycles. The van der Waals surface area contributed by atoms with Crippen molar-refractivity contribution in [3.05, 3.63) is 23.8 Å². The molecule has 6 nitrogen and oxygen atoms in total. The smallest absolute Gasteiger partial charge is 0.257 e. The molecule has 6 heteroatoms. The molecule has 0 saturated carbocycles. The van der Waals surface area contributed by atoms with Crippen molar-refractivity contribution in [2.24, 2.45) is 0 Å². The number of hydrogen-bond donors (Lipinski definition) is 2. The van der Waals surface area contributed by atoms with E-state index in [1.54, 1.807) is 4.90 Å². The van der Waals surface area contributed by atoms with Crippen LogP contribution in [0.4, 0.5) is 0 Å². The third kappa shape index (κ3) is 3.22. The second-order valence-electron chi connectivity index (χ2n) is 5.61. The second-order valence-corrected chi connectivity index (χ2v) is 5.61. The SMILES string of the molecule is CCCc1ncncc1C(=O)N1CC[C@](O)(CC)[C@H](O)C1. The van der Waals surface area contributed by atoms with Gasteiger partial charge in [-0.2, -0.15) is 0 Å². The first-order valence-corrected chi connectivity index (χ1v) is 7.50. The molecule has 1 aromatic heterocycles. The van der Waals surface area contributed by atoms with E-state index in [1.807, 2.05) is 13.8 Å². The van der Waals surface area contributed by atoms with E-state index in [9.17, 15) is 15.0 Å². The summed E-state index contributed by atoms with van der Waals surface area (Å²) in [5, 5.41) is 20.3. The van der Waals surface area contributed by atoms with Crippen LogP contribution in [0, 0.1) is 0 Å². The summed E-state index contributed by atoms with van der Waals surface area (Å²) in [6.45, 7) is 4.44. The van der Waals surface area contributed by atoms with Crippen LogP contribution in [0.25, 0.3) is 0 Å². The fraction of sp³-hybridized carbons (Fsp3) is 0.667. The Morgan fingerprint density at radius 1 is 1.52 bits per heavy atom. The van der Waals surface area contributed by atoms with Crippen LogP contribution in [0.1, 0.15) is 49.2 Å². The van der Waals surface area contributed by atoms with E-state index in [4.69, 9.17) is 0 Å². The van der Waals surface area contributed by atoms with Gasteiger partial charge < -0.3 is 15.1 Å². The molecule has 0 aromatic carbocycles. The zero-order valence-electron chi connectivity index (χ0n) is 12.6. The van der Waals surface area contributed by atoms with E-state index >= 15 is 0 Å². The molecule has 1 amide bonds. The Balaban J connectivity index is 2.15. The van der Waals surface area contributed by atoms with E-state index in [0.717, 1.165) is 18.5 Å². The number of rotatable bonds is 4. The van der Waals surface area contributed by atoms with Crippen molar-refractivity contribution < 1.29 is 15.0 Å². The van der Waals surface area contributed by atoms with E-state index in [-0.39, 0.29) is 12.5 Å². The summed E-state index contributed by atoms with van der Waals surface area (Å²) in [6.07, 6.45) is 4.54. The average Bonchev–Trinajstić information content (AvgIpc) is 2.50. The molecular weight excluding hydrogens is 270 g/mol. The summed E-state index contributed by atoms with van der Waals surface area (Å²) in [4.78, 5) is 22.3. The highest BCUT2D eigenvalue weighted by Gasteiger charge is 2.40. The topological polar surface area (TPSA) is 86.6 Å². The number of β-amino-alcohol motifs (C(OH)–C–C–N with tert-alkyl or cyclic N) is 1. The number of hydrogen-bond acceptors (Lipinski definition) is 5. The first-order valence-electron chi connectivity index (χ1n) is 7.50. The van der Waals surface area contributed by atoms with E-state index in [0.29, 0.717) is 24.9 Å². The van der Waals surface area contributed by atoms with Crippen molar-refractivity contribution in [2.45, 2.75) is 51.2 Å². The maximum Gasteiger partial charge on any atom is 0.257 e. The summed E-state index contributed by atoms with van der Waals surface area (Å²) in [5.41, 5.74) is 0.146. The molecule has 2 rings (SSSR count). The van der Waals surface area contributed by atoms with Gasteiger partial charge in [0.2, 0.25) is 0 Å². The molecule has 1 aromatic rings. The Kier molecular flexibility index (Phi) is 4.90. The second kappa shape index (κ2) is 6.49. The van der Waals surface area contributed by atoms with Gasteiger partial charge in [-0.1, -0.05) is 20.3 Å². The molecule has 2 heterocycles. The van der Waals surface area contributed by atoms with Gasteiger partial charge in [-0.3, -0.25) is 4.79 Å². The van der Waals surface area contributed by atoms with Crippen molar-refractivity contribution in [3.8, 4) is 0 Å². The lowest BCUT2D eigenvalue weighted by molar-refractivity contribution is -0.114. The van der Waals surface area contributed by atoms with Crippen LogP contribution < -0.4 is 0 Å². The Hall–Kier alpha value is -1.53. The predicted octanol–water partition coefficient (Wildman–Crippen LogP) is 0.777. The van der Waals surface area contributed by atoms with Gasteiger partial charge in [-0.05, 0) is 19.3 Å². The quantitative estimate of drug-likeness (QED) is 0.856. The van der Waals surface area contributed by atoms with Crippen LogP contribution >= 0.6 is 0 Å². The van der Waals surface area contributed by atoms with Crippen LogP contribution in [0.2, 0.25) is 0 Å². The monoisotopic (exact) mass is 293 g/mol. The van der Waals surface area contributed by atoms with Gasteiger partial charge in [0.1, 0.15) is 12.4 Å². The molecule has 0 spiro atoms. The Labute approximate surface area is 124 Å². The molecule has 2 N–H and O–H groups in total. The molecule has 2 atom stereocenters. The number of carbonyl (C=O) groups is 1. The number of likely N-dealkylation sites (tertiary alicyclic amines) is 1. The van der Waals surface area contributed by atoms with Gasteiger partial charge in [-0.15, -0.1) is 0 Å². The van der Waals surface area contributed by atoms with Gasteiger partial charge in [-0.25, -0.2) is 9.97 Å². The standard InChI is InChI=1S/C15H23N3O3/c1-3-5-12-11(8-16-10-17-12)14(20)18-7-6-15(21,4-2)13(19)9-18/h8,10,13,19,21H,3-7,9H2,1-2H3/t13-,15-/m1/s1. The van der Waals surface area contributed by atoms with Crippen LogP contribution in [-0.2, 0) is 6.42 Å². The van der Waals surface area contributed by atoms with E-state index in [2.05, 4.69) is 9.97 Å².